The fourth-order valence-electron chi connectivity index (χ4n) is 1.35. The van der Waals surface area contributed by atoms with Gasteiger partial charge in [0.15, 0.2) is 10.3 Å². The Labute approximate surface area is 104 Å². The highest BCUT2D eigenvalue weighted by Crippen LogP contribution is 2.26. The largest absolute Gasteiger partial charge is 0.394 e. The van der Waals surface area contributed by atoms with Gasteiger partial charge in [0.25, 0.3) is 0 Å². The molecule has 0 fully saturated rings. The smallest absolute Gasteiger partial charge is 0.185 e. The predicted octanol–water partition coefficient (Wildman–Crippen LogP) is 2.49. The maximum Gasteiger partial charge on any atom is 0.185 e. The van der Waals surface area contributed by atoms with Crippen molar-refractivity contribution in [1.82, 2.24) is 4.98 Å². The number of aliphatic hydroxyl groups is 1. The molecular weight excluding hydrogens is 246 g/mol. The quantitative estimate of drug-likeness (QED) is 0.852. The average molecular weight is 260 g/mol. The van der Waals surface area contributed by atoms with Crippen molar-refractivity contribution in [2.24, 2.45) is 5.92 Å². The third-order valence-corrected chi connectivity index (χ3v) is 3.27. The van der Waals surface area contributed by atoms with Crippen LogP contribution in [0.4, 0.5) is 5.13 Å². The second-order valence-corrected chi connectivity index (χ2v) is 5.26. The van der Waals surface area contributed by atoms with Crippen LogP contribution in [-0.4, -0.2) is 22.7 Å². The number of aliphatic hydroxyl groups excluding tert-OH is 1. The summed E-state index contributed by atoms with van der Waals surface area (Å²) in [5, 5.41) is 21.8. The Morgan fingerprint density at radius 3 is 2.75 bits per heavy atom. The SMILES string of the molecule is CC(C)CC(CO)Nc1nc(Cl)c(C#N)s1. The molecule has 1 aromatic rings. The number of anilines is 1. The summed E-state index contributed by atoms with van der Waals surface area (Å²) in [5.74, 6) is 0.482. The molecule has 0 saturated carbocycles. The molecule has 0 aliphatic rings. The lowest BCUT2D eigenvalue weighted by Crippen LogP contribution is -2.25. The Bertz CT molecular complexity index is 386. The Balaban J connectivity index is 2.67. The molecule has 1 aromatic heterocycles. The first-order valence-corrected chi connectivity index (χ1v) is 6.20. The molecule has 0 saturated heterocycles. The number of hydrogen-bond acceptors (Lipinski definition) is 5. The van der Waals surface area contributed by atoms with Gasteiger partial charge in [-0.05, 0) is 12.3 Å². The monoisotopic (exact) mass is 259 g/mol. The van der Waals surface area contributed by atoms with E-state index in [1.54, 1.807) is 0 Å². The number of nitrogens with one attached hydrogen (secondary N) is 1. The summed E-state index contributed by atoms with van der Waals surface area (Å²) in [5.41, 5.74) is 0. The van der Waals surface area contributed by atoms with Gasteiger partial charge in [0.1, 0.15) is 10.9 Å². The summed E-state index contributed by atoms with van der Waals surface area (Å²) in [7, 11) is 0. The fraction of sp³-hybridized carbons (Fsp3) is 0.600. The van der Waals surface area contributed by atoms with Gasteiger partial charge in [-0.25, -0.2) is 4.98 Å². The van der Waals surface area contributed by atoms with Gasteiger partial charge in [0, 0.05) is 0 Å². The molecule has 1 atom stereocenters. The van der Waals surface area contributed by atoms with E-state index in [-0.39, 0.29) is 17.8 Å². The second kappa shape index (κ2) is 6.04. The fourth-order valence-corrected chi connectivity index (χ4v) is 2.38. The normalized spacial score (nSPS) is 12.5. The summed E-state index contributed by atoms with van der Waals surface area (Å²) >= 11 is 6.96. The van der Waals surface area contributed by atoms with Gasteiger partial charge in [0.2, 0.25) is 0 Å². The minimum Gasteiger partial charge on any atom is -0.394 e. The molecule has 0 amide bonds. The molecule has 0 aliphatic carbocycles. The molecule has 0 spiro atoms. The first kappa shape index (κ1) is 13.2. The summed E-state index contributed by atoms with van der Waals surface area (Å²) in [6.45, 7) is 4.21. The van der Waals surface area contributed by atoms with E-state index in [1.807, 2.05) is 6.07 Å². The molecule has 2 N–H and O–H groups in total. The lowest BCUT2D eigenvalue weighted by molar-refractivity contribution is 0.259. The van der Waals surface area contributed by atoms with Crippen molar-refractivity contribution in [3.63, 3.8) is 0 Å². The minimum absolute atomic E-state index is 0.0390. The van der Waals surface area contributed by atoms with Crippen LogP contribution in [0.2, 0.25) is 5.15 Å². The molecule has 0 aromatic carbocycles. The van der Waals surface area contributed by atoms with E-state index in [9.17, 15) is 5.11 Å². The second-order valence-electron chi connectivity index (χ2n) is 3.90. The van der Waals surface area contributed by atoms with Crippen molar-refractivity contribution in [3.8, 4) is 6.07 Å². The summed E-state index contributed by atoms with van der Waals surface area (Å²) < 4.78 is 0. The van der Waals surface area contributed by atoms with E-state index in [0.717, 1.165) is 6.42 Å². The van der Waals surface area contributed by atoms with Gasteiger partial charge in [-0.1, -0.05) is 36.8 Å². The van der Waals surface area contributed by atoms with Crippen molar-refractivity contribution < 1.29 is 5.11 Å². The van der Waals surface area contributed by atoms with E-state index in [0.29, 0.717) is 15.9 Å². The average Bonchev–Trinajstić information content (AvgIpc) is 2.57. The van der Waals surface area contributed by atoms with E-state index in [2.05, 4.69) is 24.1 Å². The molecule has 0 aliphatic heterocycles. The van der Waals surface area contributed by atoms with Crippen LogP contribution >= 0.6 is 22.9 Å². The van der Waals surface area contributed by atoms with Gasteiger partial charge >= 0.3 is 0 Å². The lowest BCUT2D eigenvalue weighted by atomic mass is 10.1. The maximum atomic E-state index is 9.19. The van der Waals surface area contributed by atoms with Crippen LogP contribution in [0.25, 0.3) is 0 Å². The van der Waals surface area contributed by atoms with Crippen molar-refractivity contribution >= 4 is 28.1 Å². The van der Waals surface area contributed by atoms with Gasteiger partial charge in [0.05, 0.1) is 12.6 Å². The van der Waals surface area contributed by atoms with E-state index in [4.69, 9.17) is 16.9 Å². The van der Waals surface area contributed by atoms with Gasteiger partial charge in [-0.2, -0.15) is 5.26 Å². The molecule has 1 heterocycles. The first-order valence-electron chi connectivity index (χ1n) is 5.00. The third-order valence-electron chi connectivity index (χ3n) is 1.99. The highest BCUT2D eigenvalue weighted by molar-refractivity contribution is 7.16. The van der Waals surface area contributed by atoms with Crippen LogP contribution in [0.3, 0.4) is 0 Å². The molecule has 6 heteroatoms. The number of hydrogen-bond donors (Lipinski definition) is 2. The Morgan fingerprint density at radius 2 is 2.31 bits per heavy atom. The van der Waals surface area contributed by atoms with Crippen molar-refractivity contribution in [2.75, 3.05) is 11.9 Å². The number of thiazole rings is 1. The van der Waals surface area contributed by atoms with Crippen molar-refractivity contribution in [1.29, 1.82) is 5.26 Å². The highest BCUT2D eigenvalue weighted by atomic mass is 35.5. The Morgan fingerprint density at radius 1 is 1.62 bits per heavy atom. The molecule has 4 nitrogen and oxygen atoms in total. The number of halogens is 1. The van der Waals surface area contributed by atoms with Crippen LogP contribution in [0, 0.1) is 17.2 Å². The molecule has 0 bridgehead atoms. The molecule has 1 rings (SSSR count). The molecule has 0 radical (unpaired) electrons. The third kappa shape index (κ3) is 3.63. The lowest BCUT2D eigenvalue weighted by Gasteiger charge is -2.17. The summed E-state index contributed by atoms with van der Waals surface area (Å²) in [6, 6.07) is 1.92. The van der Waals surface area contributed by atoms with E-state index < -0.39 is 0 Å². The molecule has 88 valence electrons. The van der Waals surface area contributed by atoms with Gasteiger partial charge < -0.3 is 10.4 Å². The van der Waals surface area contributed by atoms with Crippen LogP contribution in [-0.2, 0) is 0 Å². The van der Waals surface area contributed by atoms with Crippen LogP contribution < -0.4 is 5.32 Å². The molecule has 1 unspecified atom stereocenters. The summed E-state index contributed by atoms with van der Waals surface area (Å²) in [6.07, 6.45) is 0.843. The number of aromatic nitrogens is 1. The highest BCUT2D eigenvalue weighted by Gasteiger charge is 2.14. The first-order chi connectivity index (χ1) is 7.56. The Hall–Kier alpha value is -0.830. The zero-order valence-corrected chi connectivity index (χ0v) is 10.8. The zero-order valence-electron chi connectivity index (χ0n) is 9.20. The topological polar surface area (TPSA) is 68.9 Å². The number of rotatable bonds is 5. The van der Waals surface area contributed by atoms with Gasteiger partial charge in [-0.15, -0.1) is 0 Å². The van der Waals surface area contributed by atoms with E-state index in [1.165, 1.54) is 11.3 Å². The molecule has 16 heavy (non-hydrogen) atoms. The van der Waals surface area contributed by atoms with E-state index >= 15 is 0 Å². The van der Waals surface area contributed by atoms with Crippen LogP contribution in [0.5, 0.6) is 0 Å². The standard InChI is InChI=1S/C10H14ClN3OS/c1-6(2)3-7(5-15)13-10-14-9(11)8(4-12)16-10/h6-7,15H,3,5H2,1-2H3,(H,13,14). The van der Waals surface area contributed by atoms with Gasteiger partial charge in [-0.3, -0.25) is 0 Å². The number of nitriles is 1. The summed E-state index contributed by atoms with van der Waals surface area (Å²) in [4.78, 5) is 4.41. The predicted molar refractivity (Wildman–Crippen MR) is 65.8 cm³/mol. The van der Waals surface area contributed by atoms with Crippen molar-refractivity contribution in [3.05, 3.63) is 10.0 Å². The van der Waals surface area contributed by atoms with Crippen molar-refractivity contribution in [2.45, 2.75) is 26.3 Å². The number of nitrogens with zero attached hydrogens (tertiary/aromatic N) is 2. The van der Waals surface area contributed by atoms with Crippen LogP contribution in [0.15, 0.2) is 0 Å². The maximum absolute atomic E-state index is 9.19. The minimum atomic E-state index is -0.0474. The Kier molecular flexibility index (Phi) is 5.00. The zero-order chi connectivity index (χ0) is 12.1. The van der Waals surface area contributed by atoms with Crippen LogP contribution in [0.1, 0.15) is 25.1 Å². The molecular formula is C10H14ClN3OS.